The normalized spacial score (nSPS) is 14.9. The van der Waals surface area contributed by atoms with E-state index in [2.05, 4.69) is 25.8 Å². The van der Waals surface area contributed by atoms with Crippen molar-refractivity contribution in [2.45, 2.75) is 38.8 Å². The second-order valence-electron chi connectivity index (χ2n) is 4.56. The van der Waals surface area contributed by atoms with Gasteiger partial charge in [0.15, 0.2) is 0 Å². The van der Waals surface area contributed by atoms with Gasteiger partial charge in [0, 0.05) is 17.6 Å². The van der Waals surface area contributed by atoms with Gasteiger partial charge in [-0.2, -0.15) is 0 Å². The van der Waals surface area contributed by atoms with Crippen LogP contribution in [0.2, 0.25) is 5.02 Å². The van der Waals surface area contributed by atoms with Crippen molar-refractivity contribution >= 4 is 11.6 Å². The Balaban J connectivity index is 2.50. The van der Waals surface area contributed by atoms with Crippen molar-refractivity contribution in [2.24, 2.45) is 0 Å². The lowest BCUT2D eigenvalue weighted by molar-refractivity contribution is 0.138. The minimum atomic E-state index is -0.477. The second kappa shape index (κ2) is 7.00. The fourth-order valence-electron chi connectivity index (χ4n) is 1.76. The molecule has 0 fully saturated rings. The highest BCUT2D eigenvalue weighted by Gasteiger charge is 2.13. The van der Waals surface area contributed by atoms with E-state index >= 15 is 0 Å². The van der Waals surface area contributed by atoms with Crippen LogP contribution in [0.15, 0.2) is 24.3 Å². The molecule has 0 radical (unpaired) electrons. The number of halogens is 1. The molecule has 1 rings (SSSR count). The van der Waals surface area contributed by atoms with Crippen LogP contribution in [0, 0.1) is 0 Å². The monoisotopic (exact) mass is 255 g/mol. The summed E-state index contributed by atoms with van der Waals surface area (Å²) in [6, 6.07) is 8.04. The Bertz CT molecular complexity index is 343. The van der Waals surface area contributed by atoms with Gasteiger partial charge in [0.2, 0.25) is 0 Å². The van der Waals surface area contributed by atoms with Crippen molar-refractivity contribution in [3.8, 4) is 0 Å². The molecule has 1 N–H and O–H groups in total. The van der Waals surface area contributed by atoms with E-state index < -0.39 is 6.10 Å². The largest absolute Gasteiger partial charge is 0.388 e. The molecule has 0 aromatic heterocycles. The average molecular weight is 256 g/mol. The number of hydrogen-bond donors (Lipinski definition) is 1. The molecule has 0 saturated heterocycles. The van der Waals surface area contributed by atoms with Crippen molar-refractivity contribution in [1.82, 2.24) is 4.90 Å². The fourth-order valence-corrected chi connectivity index (χ4v) is 2.02. The van der Waals surface area contributed by atoms with Gasteiger partial charge in [-0.15, -0.1) is 0 Å². The molecule has 0 aliphatic heterocycles. The maximum Gasteiger partial charge on any atom is 0.0816 e. The van der Waals surface area contributed by atoms with Crippen LogP contribution in [0.3, 0.4) is 0 Å². The lowest BCUT2D eigenvalue weighted by atomic mass is 10.1. The molecule has 2 unspecified atom stereocenters. The lowest BCUT2D eigenvalue weighted by Crippen LogP contribution is -2.30. The molecule has 0 aliphatic carbocycles. The van der Waals surface area contributed by atoms with Gasteiger partial charge in [-0.3, -0.25) is 0 Å². The summed E-state index contributed by atoms with van der Waals surface area (Å²) in [4.78, 5) is 2.26. The van der Waals surface area contributed by atoms with Crippen molar-refractivity contribution in [3.63, 3.8) is 0 Å². The third-order valence-electron chi connectivity index (χ3n) is 3.36. The van der Waals surface area contributed by atoms with Crippen LogP contribution in [0.25, 0.3) is 0 Å². The van der Waals surface area contributed by atoms with E-state index in [0.29, 0.717) is 17.5 Å². The Morgan fingerprint density at radius 2 is 2.00 bits per heavy atom. The SMILES string of the molecule is CCC(C)N(C)CCC(O)c1ccccc1Cl. The second-order valence-corrected chi connectivity index (χ2v) is 4.97. The van der Waals surface area contributed by atoms with Gasteiger partial charge in [-0.05, 0) is 38.4 Å². The van der Waals surface area contributed by atoms with Crippen molar-refractivity contribution in [2.75, 3.05) is 13.6 Å². The number of aliphatic hydroxyl groups is 1. The molecule has 0 aliphatic rings. The van der Waals surface area contributed by atoms with Gasteiger partial charge in [0.1, 0.15) is 0 Å². The summed E-state index contributed by atoms with van der Waals surface area (Å²) in [6.07, 6.45) is 1.36. The predicted molar refractivity (Wildman–Crippen MR) is 73.4 cm³/mol. The molecule has 2 nitrogen and oxygen atoms in total. The molecule has 2 atom stereocenters. The van der Waals surface area contributed by atoms with Crippen LogP contribution in [0.1, 0.15) is 38.4 Å². The summed E-state index contributed by atoms with van der Waals surface area (Å²) in [6.45, 7) is 5.24. The lowest BCUT2D eigenvalue weighted by Gasteiger charge is -2.24. The minimum Gasteiger partial charge on any atom is -0.388 e. The summed E-state index contributed by atoms with van der Waals surface area (Å²) in [5, 5.41) is 10.7. The van der Waals surface area contributed by atoms with Gasteiger partial charge in [0.25, 0.3) is 0 Å². The molecule has 0 heterocycles. The van der Waals surface area contributed by atoms with E-state index in [9.17, 15) is 5.11 Å². The molecule has 17 heavy (non-hydrogen) atoms. The smallest absolute Gasteiger partial charge is 0.0816 e. The fraction of sp³-hybridized carbons (Fsp3) is 0.571. The van der Waals surface area contributed by atoms with Gasteiger partial charge in [-0.1, -0.05) is 36.7 Å². The topological polar surface area (TPSA) is 23.5 Å². The van der Waals surface area contributed by atoms with E-state index in [4.69, 9.17) is 11.6 Å². The number of benzene rings is 1. The maximum absolute atomic E-state index is 10.1. The third-order valence-corrected chi connectivity index (χ3v) is 3.71. The molecule has 0 bridgehead atoms. The van der Waals surface area contributed by atoms with Gasteiger partial charge in [0.05, 0.1) is 6.10 Å². The molecule has 0 spiro atoms. The molecule has 0 amide bonds. The van der Waals surface area contributed by atoms with Crippen LogP contribution in [0.5, 0.6) is 0 Å². The molecule has 96 valence electrons. The van der Waals surface area contributed by atoms with Crippen LogP contribution in [-0.2, 0) is 0 Å². The number of rotatable bonds is 6. The highest BCUT2D eigenvalue weighted by Crippen LogP contribution is 2.25. The van der Waals surface area contributed by atoms with E-state index in [1.165, 1.54) is 0 Å². The Kier molecular flexibility index (Phi) is 5.96. The van der Waals surface area contributed by atoms with E-state index in [1.54, 1.807) is 0 Å². The zero-order valence-corrected chi connectivity index (χ0v) is 11.6. The highest BCUT2D eigenvalue weighted by molar-refractivity contribution is 6.31. The Labute approximate surface area is 109 Å². The van der Waals surface area contributed by atoms with Gasteiger partial charge < -0.3 is 10.0 Å². The van der Waals surface area contributed by atoms with Crippen molar-refractivity contribution in [1.29, 1.82) is 0 Å². The van der Waals surface area contributed by atoms with Crippen molar-refractivity contribution in [3.05, 3.63) is 34.9 Å². The quantitative estimate of drug-likeness (QED) is 0.841. The molecule has 3 heteroatoms. The highest BCUT2D eigenvalue weighted by atomic mass is 35.5. The Hall–Kier alpha value is -0.570. The van der Waals surface area contributed by atoms with E-state index in [1.807, 2.05) is 24.3 Å². The van der Waals surface area contributed by atoms with Crippen LogP contribution in [-0.4, -0.2) is 29.6 Å². The third kappa shape index (κ3) is 4.30. The first-order valence-electron chi connectivity index (χ1n) is 6.19. The van der Waals surface area contributed by atoms with Crippen LogP contribution < -0.4 is 0 Å². The molecular weight excluding hydrogens is 234 g/mol. The summed E-state index contributed by atoms with van der Waals surface area (Å²) in [7, 11) is 2.09. The van der Waals surface area contributed by atoms with Gasteiger partial charge in [-0.25, -0.2) is 0 Å². The molecule has 0 saturated carbocycles. The van der Waals surface area contributed by atoms with Crippen LogP contribution >= 0.6 is 11.6 Å². The maximum atomic E-state index is 10.1. The predicted octanol–water partition coefficient (Wildman–Crippen LogP) is 3.49. The first-order valence-corrected chi connectivity index (χ1v) is 6.56. The molecule has 1 aromatic carbocycles. The van der Waals surface area contributed by atoms with Crippen LogP contribution in [0.4, 0.5) is 0 Å². The number of aliphatic hydroxyl groups excluding tert-OH is 1. The summed E-state index contributed by atoms with van der Waals surface area (Å²) < 4.78 is 0. The summed E-state index contributed by atoms with van der Waals surface area (Å²) in [5.41, 5.74) is 0.826. The number of nitrogens with zero attached hydrogens (tertiary/aromatic N) is 1. The van der Waals surface area contributed by atoms with Crippen molar-refractivity contribution < 1.29 is 5.11 Å². The molecular formula is C14H22ClNO. The Morgan fingerprint density at radius 1 is 1.35 bits per heavy atom. The Morgan fingerprint density at radius 3 is 2.59 bits per heavy atom. The molecule has 1 aromatic rings. The minimum absolute atomic E-state index is 0.477. The van der Waals surface area contributed by atoms with E-state index in [-0.39, 0.29) is 0 Å². The zero-order valence-electron chi connectivity index (χ0n) is 10.9. The summed E-state index contributed by atoms with van der Waals surface area (Å²) >= 11 is 6.05. The first-order chi connectivity index (χ1) is 8.06. The first kappa shape index (κ1) is 14.5. The average Bonchev–Trinajstić information content (AvgIpc) is 2.35. The van der Waals surface area contributed by atoms with Gasteiger partial charge >= 0.3 is 0 Å². The van der Waals surface area contributed by atoms with E-state index in [0.717, 1.165) is 18.5 Å². The number of hydrogen-bond acceptors (Lipinski definition) is 2. The standard InChI is InChI=1S/C14H22ClNO/c1-4-11(2)16(3)10-9-14(17)12-7-5-6-8-13(12)15/h5-8,11,14,17H,4,9-10H2,1-3H3. The zero-order chi connectivity index (χ0) is 12.8. The summed E-state index contributed by atoms with van der Waals surface area (Å²) in [5.74, 6) is 0.